The topological polar surface area (TPSA) is 254 Å². The highest BCUT2D eigenvalue weighted by Crippen LogP contribution is 2.33. The van der Waals surface area contributed by atoms with E-state index in [9.17, 15) is 28.2 Å². The van der Waals surface area contributed by atoms with Gasteiger partial charge in [0.25, 0.3) is 0 Å². The van der Waals surface area contributed by atoms with Gasteiger partial charge in [-0.1, -0.05) is 84.0 Å². The van der Waals surface area contributed by atoms with Crippen LogP contribution in [-0.4, -0.2) is 80.5 Å². The van der Waals surface area contributed by atoms with Crippen LogP contribution in [-0.2, 0) is 31.6 Å². The predicted molar refractivity (Wildman–Crippen MR) is 258 cm³/mol. The van der Waals surface area contributed by atoms with E-state index in [0.717, 1.165) is 44.2 Å². The molecule has 0 bridgehead atoms. The van der Waals surface area contributed by atoms with Crippen LogP contribution in [0.5, 0.6) is 11.5 Å². The number of aryl methyl sites for hydroxylation is 1. The molecule has 1 amide bonds. The molecule has 1 heterocycles. The molecule has 3 atom stereocenters. The minimum Gasteiger partial charge on any atom is -0.496 e. The van der Waals surface area contributed by atoms with Crippen LogP contribution in [0.2, 0.25) is 0 Å². The SMILES string of the molecule is CC(C)(NCC(O)COc1cccc2[nH]c3ccccc3c12)c1ccc(N=[N+]=[N-])cc1.COc1cc(C)c(S(=O)(=O)NCCCC[C@H](NC(=O)[C@@H](N)Cc2ccccc2)C(=O)O)c(C)c1C. The maximum absolute atomic E-state index is 12.9. The van der Waals surface area contributed by atoms with Gasteiger partial charge < -0.3 is 41.0 Å². The first-order valence-corrected chi connectivity index (χ1v) is 23.1. The number of azide groups is 1. The van der Waals surface area contributed by atoms with Crippen molar-refractivity contribution < 1.29 is 37.7 Å². The second-order valence-electron chi connectivity index (χ2n) is 16.6. The van der Waals surface area contributed by atoms with Crippen LogP contribution in [0.3, 0.4) is 0 Å². The highest BCUT2D eigenvalue weighted by atomic mass is 32.2. The normalized spacial score (nSPS) is 12.9. The number of rotatable bonds is 21. The van der Waals surface area contributed by atoms with E-state index < -0.39 is 40.1 Å². The molecule has 66 heavy (non-hydrogen) atoms. The highest BCUT2D eigenvalue weighted by molar-refractivity contribution is 7.89. The van der Waals surface area contributed by atoms with Crippen LogP contribution in [0.25, 0.3) is 32.2 Å². The third-order valence-electron chi connectivity index (χ3n) is 11.4. The van der Waals surface area contributed by atoms with Gasteiger partial charge in [0, 0.05) is 45.5 Å². The molecule has 16 nitrogen and oxygen atoms in total. The fourth-order valence-electron chi connectivity index (χ4n) is 7.60. The number of para-hydroxylation sites is 1. The van der Waals surface area contributed by atoms with Crippen molar-refractivity contribution in [2.75, 3.05) is 26.8 Å². The summed E-state index contributed by atoms with van der Waals surface area (Å²) in [5.74, 6) is -0.320. The number of aliphatic carboxylic acids is 1. The number of nitrogens with one attached hydrogen (secondary N) is 4. The molecule has 0 fully saturated rings. The number of aromatic amines is 1. The van der Waals surface area contributed by atoms with Gasteiger partial charge in [0.05, 0.1) is 23.6 Å². The number of aromatic nitrogens is 1. The van der Waals surface area contributed by atoms with Crippen LogP contribution in [0.4, 0.5) is 5.69 Å². The summed E-state index contributed by atoms with van der Waals surface area (Å²) >= 11 is 0. The summed E-state index contributed by atoms with van der Waals surface area (Å²) in [6.07, 6.45) is 0.572. The fourth-order valence-corrected chi connectivity index (χ4v) is 9.20. The summed E-state index contributed by atoms with van der Waals surface area (Å²) in [6.45, 7) is 10.0. The molecule has 0 radical (unpaired) electrons. The highest BCUT2D eigenvalue weighted by Gasteiger charge is 2.25. The van der Waals surface area contributed by atoms with Gasteiger partial charge in [0.2, 0.25) is 15.9 Å². The van der Waals surface area contributed by atoms with E-state index in [4.69, 9.17) is 20.7 Å². The average molecular weight is 921 g/mol. The number of hydrogen-bond donors (Lipinski definition) is 7. The number of nitrogens with two attached hydrogens (primary N) is 1. The molecular formula is C49H60N8O8S. The molecule has 17 heteroatoms. The van der Waals surface area contributed by atoms with E-state index >= 15 is 0 Å². The summed E-state index contributed by atoms with van der Waals surface area (Å²) in [6, 6.07) is 30.3. The largest absolute Gasteiger partial charge is 0.496 e. The number of carbonyl (C=O) groups is 2. The molecule has 6 aromatic rings. The second-order valence-corrected chi connectivity index (χ2v) is 18.3. The van der Waals surface area contributed by atoms with Gasteiger partial charge in [-0.15, -0.1) is 0 Å². The van der Waals surface area contributed by atoms with Crippen molar-refractivity contribution in [3.8, 4) is 11.5 Å². The molecule has 350 valence electrons. The van der Waals surface area contributed by atoms with Gasteiger partial charge in [0.15, 0.2) is 0 Å². The molecule has 0 aliphatic heterocycles. The van der Waals surface area contributed by atoms with Crippen molar-refractivity contribution >= 4 is 49.4 Å². The number of sulfonamides is 1. The fraction of sp³-hybridized carbons (Fsp3) is 0.347. The van der Waals surface area contributed by atoms with Gasteiger partial charge >= 0.3 is 5.97 Å². The molecule has 5 aromatic carbocycles. The Hall–Kier alpha value is -6.46. The minimum absolute atomic E-state index is 0.139. The maximum Gasteiger partial charge on any atom is 0.326 e. The van der Waals surface area contributed by atoms with Crippen LogP contribution in [0.1, 0.15) is 60.9 Å². The Bertz CT molecular complexity index is 2760. The number of hydrogen-bond acceptors (Lipinski definition) is 10. The Labute approximate surface area is 385 Å². The summed E-state index contributed by atoms with van der Waals surface area (Å²) < 4.78 is 39.7. The number of aliphatic hydroxyl groups is 1. The van der Waals surface area contributed by atoms with Gasteiger partial charge in [0.1, 0.15) is 30.3 Å². The number of carboxylic acid groups (broad SMARTS) is 1. The predicted octanol–water partition coefficient (Wildman–Crippen LogP) is 7.74. The number of carbonyl (C=O) groups excluding carboxylic acids is 1. The Morgan fingerprint density at radius 3 is 2.27 bits per heavy atom. The van der Waals surface area contributed by atoms with Crippen LogP contribution >= 0.6 is 0 Å². The number of nitrogens with zero attached hydrogens (tertiary/aromatic N) is 3. The molecular weight excluding hydrogens is 861 g/mol. The number of ether oxygens (including phenoxy) is 2. The molecule has 0 spiro atoms. The van der Waals surface area contributed by atoms with E-state index in [0.29, 0.717) is 48.4 Å². The van der Waals surface area contributed by atoms with Crippen LogP contribution in [0.15, 0.2) is 113 Å². The van der Waals surface area contributed by atoms with Gasteiger partial charge in [-0.3, -0.25) is 4.79 Å². The zero-order chi connectivity index (χ0) is 48.0. The quantitative estimate of drug-likeness (QED) is 0.0160. The van der Waals surface area contributed by atoms with E-state index in [1.54, 1.807) is 39.0 Å². The van der Waals surface area contributed by atoms with Crippen LogP contribution < -0.4 is 30.6 Å². The van der Waals surface area contributed by atoms with Crippen LogP contribution in [0, 0.1) is 20.8 Å². The van der Waals surface area contributed by atoms with Gasteiger partial charge in [-0.05, 0) is 118 Å². The summed E-state index contributed by atoms with van der Waals surface area (Å²) in [5, 5.41) is 31.6. The lowest BCUT2D eigenvalue weighted by atomic mass is 9.94. The third kappa shape index (κ3) is 13.3. The first-order valence-electron chi connectivity index (χ1n) is 21.6. The first-order chi connectivity index (χ1) is 31.4. The van der Waals surface area contributed by atoms with Crippen molar-refractivity contribution in [2.45, 2.75) is 88.9 Å². The number of H-pyrrole nitrogens is 1. The van der Waals surface area contributed by atoms with Crippen molar-refractivity contribution in [1.82, 2.24) is 20.3 Å². The minimum atomic E-state index is -3.75. The Balaban J connectivity index is 0.000000249. The molecule has 0 saturated heterocycles. The third-order valence-corrected chi connectivity index (χ3v) is 13.1. The summed E-state index contributed by atoms with van der Waals surface area (Å²) in [5.41, 5.74) is 20.6. The molecule has 0 aliphatic rings. The molecule has 1 unspecified atom stereocenters. The maximum atomic E-state index is 12.9. The number of amides is 1. The Morgan fingerprint density at radius 2 is 1.59 bits per heavy atom. The lowest BCUT2D eigenvalue weighted by molar-refractivity contribution is -0.142. The molecule has 8 N–H and O–H groups in total. The molecule has 0 saturated carbocycles. The zero-order valence-corrected chi connectivity index (χ0v) is 39.0. The number of carboxylic acids is 1. The molecule has 1 aromatic heterocycles. The Morgan fingerprint density at radius 1 is 0.909 bits per heavy atom. The first kappa shape index (κ1) is 50.5. The number of fused-ring (bicyclic) bond motifs is 3. The van der Waals surface area contributed by atoms with Crippen molar-refractivity contribution in [2.24, 2.45) is 10.8 Å². The zero-order valence-electron chi connectivity index (χ0n) is 38.2. The van der Waals surface area contributed by atoms with Crippen molar-refractivity contribution in [3.63, 3.8) is 0 Å². The van der Waals surface area contributed by atoms with Crippen molar-refractivity contribution in [3.05, 3.63) is 141 Å². The summed E-state index contributed by atoms with van der Waals surface area (Å²) in [7, 11) is -2.22. The number of methoxy groups -OCH3 is 1. The van der Waals surface area contributed by atoms with E-state index in [1.807, 2.05) is 92.7 Å². The standard InChI is InChI=1S/C25H35N3O6S.C24H25N5O2/c1-16-14-22(34-4)17(2)18(3)23(16)35(32,33)27-13-9-8-12-21(25(30)31)28-24(29)20(26)15-19-10-6-5-7-11-19;1-24(2,16-10-12-17(13-11-16)28-29-25)26-14-18(30)15-31-22-9-5-8-21-23(22)19-6-3-4-7-20(19)27-21/h5-7,10-11,14,20-21,27H,8-9,12-13,15,26H2,1-4H3,(H,28,29)(H,30,31);3-13,18,26-27,30H,14-15H2,1-2H3/t20-,21-;/m0./s1. The molecule has 6 rings (SSSR count). The van der Waals surface area contributed by atoms with E-state index in [1.165, 1.54) is 7.11 Å². The number of aliphatic hydroxyl groups excluding tert-OH is 1. The van der Waals surface area contributed by atoms with E-state index in [2.05, 4.69) is 36.4 Å². The second kappa shape index (κ2) is 23.1. The number of benzene rings is 5. The van der Waals surface area contributed by atoms with E-state index in [-0.39, 0.29) is 30.0 Å². The van der Waals surface area contributed by atoms with Gasteiger partial charge in [-0.25, -0.2) is 17.9 Å². The lowest BCUT2D eigenvalue weighted by Gasteiger charge is -2.28. The number of unbranched alkanes of at least 4 members (excludes halogenated alkanes) is 1. The van der Waals surface area contributed by atoms with Crippen molar-refractivity contribution in [1.29, 1.82) is 0 Å². The molecule has 0 aliphatic carbocycles. The van der Waals surface area contributed by atoms with Gasteiger partial charge in [-0.2, -0.15) is 0 Å². The Kier molecular flexibility index (Phi) is 17.7. The monoisotopic (exact) mass is 920 g/mol. The lowest BCUT2D eigenvalue weighted by Crippen LogP contribution is -2.49. The summed E-state index contributed by atoms with van der Waals surface area (Å²) in [4.78, 5) is 30.4. The smallest absolute Gasteiger partial charge is 0.326 e. The average Bonchev–Trinajstić information content (AvgIpc) is 3.68.